The number of thiocarbonyl (C=S) groups is 1. The first kappa shape index (κ1) is 21.8. The number of morpholine rings is 1. The summed E-state index contributed by atoms with van der Waals surface area (Å²) in [7, 11) is 1.60. The Balaban J connectivity index is 1.45. The summed E-state index contributed by atoms with van der Waals surface area (Å²) in [5.41, 5.74) is 0.883. The first-order valence-corrected chi connectivity index (χ1v) is 10.6. The van der Waals surface area contributed by atoms with Crippen LogP contribution in [0.15, 0.2) is 29.2 Å². The van der Waals surface area contributed by atoms with E-state index in [4.69, 9.17) is 26.4 Å². The molecule has 1 amide bonds. The molecule has 0 bridgehead atoms. The Bertz CT molecular complexity index is 776. The standard InChI is InChI=1S/C20H24N2O5S2/c1-25-16-4-2-15(3-5-16)14-17-19(24)22(20(28)29-17)7-6-18(23)27-13-10-21-8-11-26-12-9-21/h2-5,14H,6-13H2,1H3/b17-14-. The van der Waals surface area contributed by atoms with Crippen LogP contribution in [-0.2, 0) is 19.1 Å². The van der Waals surface area contributed by atoms with Gasteiger partial charge in [-0.3, -0.25) is 19.4 Å². The molecular weight excluding hydrogens is 412 g/mol. The van der Waals surface area contributed by atoms with Crippen molar-refractivity contribution in [2.24, 2.45) is 0 Å². The molecule has 1 aromatic rings. The first-order valence-electron chi connectivity index (χ1n) is 9.42. The van der Waals surface area contributed by atoms with Gasteiger partial charge in [0.05, 0.1) is 31.6 Å². The van der Waals surface area contributed by atoms with Crippen LogP contribution >= 0.6 is 24.0 Å². The molecule has 0 radical (unpaired) electrons. The quantitative estimate of drug-likeness (QED) is 0.349. The van der Waals surface area contributed by atoms with Gasteiger partial charge in [0.25, 0.3) is 5.91 Å². The third-order valence-electron chi connectivity index (χ3n) is 4.60. The zero-order chi connectivity index (χ0) is 20.6. The molecule has 1 aromatic carbocycles. The van der Waals surface area contributed by atoms with Crippen molar-refractivity contribution < 1.29 is 23.8 Å². The molecule has 2 fully saturated rings. The summed E-state index contributed by atoms with van der Waals surface area (Å²) in [5.74, 6) is 0.241. The zero-order valence-electron chi connectivity index (χ0n) is 16.3. The van der Waals surface area contributed by atoms with Crippen molar-refractivity contribution in [2.75, 3.05) is 53.1 Å². The van der Waals surface area contributed by atoms with Crippen molar-refractivity contribution in [1.82, 2.24) is 9.80 Å². The predicted octanol–water partition coefficient (Wildman–Crippen LogP) is 2.16. The summed E-state index contributed by atoms with van der Waals surface area (Å²) in [4.78, 5) is 28.8. The van der Waals surface area contributed by atoms with E-state index in [1.807, 2.05) is 24.3 Å². The Morgan fingerprint density at radius 3 is 2.66 bits per heavy atom. The number of hydrogen-bond acceptors (Lipinski definition) is 8. The minimum Gasteiger partial charge on any atom is -0.497 e. The number of nitrogens with zero attached hydrogens (tertiary/aromatic N) is 2. The van der Waals surface area contributed by atoms with Gasteiger partial charge < -0.3 is 14.2 Å². The van der Waals surface area contributed by atoms with Crippen LogP contribution in [0.3, 0.4) is 0 Å². The highest BCUT2D eigenvalue weighted by molar-refractivity contribution is 8.26. The summed E-state index contributed by atoms with van der Waals surface area (Å²) in [6, 6.07) is 7.41. The van der Waals surface area contributed by atoms with Crippen molar-refractivity contribution in [1.29, 1.82) is 0 Å². The molecule has 156 valence electrons. The van der Waals surface area contributed by atoms with Crippen LogP contribution in [0.5, 0.6) is 5.75 Å². The number of esters is 1. The van der Waals surface area contributed by atoms with Crippen LogP contribution in [0.2, 0.25) is 0 Å². The third kappa shape index (κ3) is 6.27. The van der Waals surface area contributed by atoms with Gasteiger partial charge in [0.15, 0.2) is 0 Å². The molecule has 0 N–H and O–H groups in total. The van der Waals surface area contributed by atoms with Crippen LogP contribution in [-0.4, -0.2) is 79.1 Å². The maximum absolute atomic E-state index is 12.6. The number of thioether (sulfide) groups is 1. The molecule has 9 heteroatoms. The SMILES string of the molecule is COc1ccc(/C=C2\SC(=S)N(CCC(=O)OCCN3CCOCC3)C2=O)cc1. The van der Waals surface area contributed by atoms with E-state index in [1.165, 1.54) is 16.7 Å². The lowest BCUT2D eigenvalue weighted by Gasteiger charge is -2.26. The third-order valence-corrected chi connectivity index (χ3v) is 5.98. The van der Waals surface area contributed by atoms with E-state index in [9.17, 15) is 9.59 Å². The van der Waals surface area contributed by atoms with E-state index in [1.54, 1.807) is 13.2 Å². The Hall–Kier alpha value is -1.94. The number of amides is 1. The van der Waals surface area contributed by atoms with Gasteiger partial charge in [0, 0.05) is 26.2 Å². The van der Waals surface area contributed by atoms with Crippen molar-refractivity contribution in [3.63, 3.8) is 0 Å². The van der Waals surface area contributed by atoms with Crippen molar-refractivity contribution in [3.8, 4) is 5.75 Å². The lowest BCUT2D eigenvalue weighted by atomic mass is 10.2. The largest absolute Gasteiger partial charge is 0.497 e. The molecule has 0 saturated carbocycles. The van der Waals surface area contributed by atoms with Crippen molar-refractivity contribution in [2.45, 2.75) is 6.42 Å². The van der Waals surface area contributed by atoms with Crippen LogP contribution < -0.4 is 4.74 Å². The number of carbonyl (C=O) groups is 2. The Kier molecular flexibility index (Phi) is 8.05. The smallest absolute Gasteiger partial charge is 0.307 e. The maximum atomic E-state index is 12.6. The number of benzene rings is 1. The molecule has 0 spiro atoms. The number of rotatable bonds is 8. The number of ether oxygens (including phenoxy) is 3. The van der Waals surface area contributed by atoms with Gasteiger partial charge in [-0.2, -0.15) is 0 Å². The minimum absolute atomic E-state index is 0.116. The molecule has 0 aliphatic carbocycles. The van der Waals surface area contributed by atoms with E-state index in [0.717, 1.165) is 24.4 Å². The highest BCUT2D eigenvalue weighted by Gasteiger charge is 2.32. The second kappa shape index (κ2) is 10.7. The number of carbonyl (C=O) groups excluding carboxylic acids is 2. The first-order chi connectivity index (χ1) is 14.1. The average Bonchev–Trinajstić information content (AvgIpc) is 3.00. The Morgan fingerprint density at radius 2 is 1.97 bits per heavy atom. The average molecular weight is 437 g/mol. The summed E-state index contributed by atoms with van der Waals surface area (Å²) < 4.78 is 16.2. The van der Waals surface area contributed by atoms with Crippen molar-refractivity contribution >= 4 is 46.3 Å². The fraction of sp³-hybridized carbons (Fsp3) is 0.450. The second-order valence-electron chi connectivity index (χ2n) is 6.53. The number of methoxy groups -OCH3 is 1. The van der Waals surface area contributed by atoms with Gasteiger partial charge in [-0.1, -0.05) is 36.1 Å². The molecule has 2 saturated heterocycles. The summed E-state index contributed by atoms with van der Waals surface area (Å²) in [6.07, 6.45) is 1.91. The van der Waals surface area contributed by atoms with Gasteiger partial charge in [0.1, 0.15) is 16.7 Å². The Morgan fingerprint density at radius 1 is 1.24 bits per heavy atom. The van der Waals surface area contributed by atoms with Gasteiger partial charge in [-0.15, -0.1) is 0 Å². The van der Waals surface area contributed by atoms with Gasteiger partial charge >= 0.3 is 5.97 Å². The second-order valence-corrected chi connectivity index (χ2v) is 8.21. The van der Waals surface area contributed by atoms with E-state index >= 15 is 0 Å². The van der Waals surface area contributed by atoms with Crippen LogP contribution in [0.4, 0.5) is 0 Å². The van der Waals surface area contributed by atoms with Gasteiger partial charge in [-0.25, -0.2) is 0 Å². The van der Waals surface area contributed by atoms with E-state index in [2.05, 4.69) is 4.90 Å². The van der Waals surface area contributed by atoms with Gasteiger partial charge in [-0.05, 0) is 23.8 Å². The zero-order valence-corrected chi connectivity index (χ0v) is 17.9. The molecule has 2 heterocycles. The molecule has 0 aromatic heterocycles. The molecule has 0 unspecified atom stereocenters. The summed E-state index contributed by atoms with van der Waals surface area (Å²) >= 11 is 6.55. The van der Waals surface area contributed by atoms with Crippen LogP contribution in [0.25, 0.3) is 6.08 Å². The molecule has 0 atom stereocenters. The fourth-order valence-electron chi connectivity index (χ4n) is 2.93. The lowest BCUT2D eigenvalue weighted by Crippen LogP contribution is -2.38. The van der Waals surface area contributed by atoms with Crippen LogP contribution in [0.1, 0.15) is 12.0 Å². The summed E-state index contributed by atoms with van der Waals surface area (Å²) in [5, 5.41) is 0. The number of hydrogen-bond donors (Lipinski definition) is 0. The van der Waals surface area contributed by atoms with E-state index in [-0.39, 0.29) is 24.8 Å². The molecule has 29 heavy (non-hydrogen) atoms. The topological polar surface area (TPSA) is 68.3 Å². The lowest BCUT2D eigenvalue weighted by molar-refractivity contribution is -0.144. The normalized spacial score (nSPS) is 19.1. The van der Waals surface area contributed by atoms with E-state index < -0.39 is 0 Å². The molecule has 2 aliphatic rings. The molecule has 3 rings (SSSR count). The highest BCUT2D eigenvalue weighted by atomic mass is 32.2. The van der Waals surface area contributed by atoms with Crippen molar-refractivity contribution in [3.05, 3.63) is 34.7 Å². The monoisotopic (exact) mass is 436 g/mol. The highest BCUT2D eigenvalue weighted by Crippen LogP contribution is 2.32. The summed E-state index contributed by atoms with van der Waals surface area (Å²) in [6.45, 7) is 4.40. The maximum Gasteiger partial charge on any atom is 0.307 e. The molecular formula is C20H24N2O5S2. The predicted molar refractivity (Wildman–Crippen MR) is 116 cm³/mol. The molecule has 2 aliphatic heterocycles. The Labute approximate surface area is 180 Å². The van der Waals surface area contributed by atoms with E-state index in [0.29, 0.717) is 35.6 Å². The molecule has 7 nitrogen and oxygen atoms in total. The van der Waals surface area contributed by atoms with Crippen LogP contribution in [0, 0.1) is 0 Å². The fourth-order valence-corrected chi connectivity index (χ4v) is 4.24. The van der Waals surface area contributed by atoms with Gasteiger partial charge in [0.2, 0.25) is 0 Å². The minimum atomic E-state index is -0.327.